The lowest BCUT2D eigenvalue weighted by atomic mass is 10.1. The van der Waals surface area contributed by atoms with Gasteiger partial charge in [-0.05, 0) is 60.4 Å². The normalized spacial score (nSPS) is 14.4. The highest BCUT2D eigenvalue weighted by molar-refractivity contribution is 5.31. The van der Waals surface area contributed by atoms with Gasteiger partial charge in [0.25, 0.3) is 0 Å². The molecular weight excluding hydrogens is 261 g/mol. The molecule has 1 saturated carbocycles. The standard InChI is InChI=1S/C19H22FN/c1-13-8-16(9-14(2)19(13)20)12-21-11-15-4-3-5-18(10-15)17-6-7-17/h3-5,8-10,17,21H,6-7,11-12H2,1-2H3. The van der Waals surface area contributed by atoms with Crippen LogP contribution >= 0.6 is 0 Å². The minimum absolute atomic E-state index is 0.0871. The molecule has 1 aliphatic rings. The molecule has 110 valence electrons. The van der Waals surface area contributed by atoms with E-state index in [2.05, 4.69) is 29.6 Å². The smallest absolute Gasteiger partial charge is 0.129 e. The Labute approximate surface area is 126 Å². The number of hydrogen-bond acceptors (Lipinski definition) is 1. The first-order valence-electron chi connectivity index (χ1n) is 7.68. The summed E-state index contributed by atoms with van der Waals surface area (Å²) in [6, 6.07) is 12.7. The minimum Gasteiger partial charge on any atom is -0.309 e. The fourth-order valence-corrected chi connectivity index (χ4v) is 2.86. The molecule has 0 aliphatic heterocycles. The van der Waals surface area contributed by atoms with Gasteiger partial charge in [0.1, 0.15) is 5.82 Å². The Morgan fingerprint density at radius 2 is 1.67 bits per heavy atom. The third-order valence-corrected chi connectivity index (χ3v) is 4.15. The quantitative estimate of drug-likeness (QED) is 0.845. The van der Waals surface area contributed by atoms with E-state index in [1.807, 2.05) is 26.0 Å². The van der Waals surface area contributed by atoms with E-state index in [0.717, 1.165) is 35.7 Å². The zero-order chi connectivity index (χ0) is 14.8. The van der Waals surface area contributed by atoms with Crippen LogP contribution in [0.3, 0.4) is 0 Å². The zero-order valence-electron chi connectivity index (χ0n) is 12.7. The van der Waals surface area contributed by atoms with Gasteiger partial charge in [0.05, 0.1) is 0 Å². The molecule has 0 unspecified atom stereocenters. The van der Waals surface area contributed by atoms with Crippen LogP contribution in [0.5, 0.6) is 0 Å². The summed E-state index contributed by atoms with van der Waals surface area (Å²) in [6.45, 7) is 5.28. The molecule has 0 bridgehead atoms. The van der Waals surface area contributed by atoms with Gasteiger partial charge in [-0.3, -0.25) is 0 Å². The second-order valence-corrected chi connectivity index (χ2v) is 6.17. The third-order valence-electron chi connectivity index (χ3n) is 4.15. The van der Waals surface area contributed by atoms with Crippen LogP contribution in [0.25, 0.3) is 0 Å². The topological polar surface area (TPSA) is 12.0 Å². The van der Waals surface area contributed by atoms with E-state index in [1.165, 1.54) is 24.0 Å². The molecule has 1 fully saturated rings. The van der Waals surface area contributed by atoms with Crippen molar-refractivity contribution in [3.63, 3.8) is 0 Å². The molecule has 0 amide bonds. The van der Waals surface area contributed by atoms with Crippen molar-refractivity contribution in [2.45, 2.75) is 45.7 Å². The molecule has 0 aromatic heterocycles. The maximum atomic E-state index is 13.6. The van der Waals surface area contributed by atoms with Crippen molar-refractivity contribution in [1.29, 1.82) is 0 Å². The number of aryl methyl sites for hydroxylation is 2. The van der Waals surface area contributed by atoms with Crippen molar-refractivity contribution >= 4 is 0 Å². The van der Waals surface area contributed by atoms with E-state index in [-0.39, 0.29) is 5.82 Å². The summed E-state index contributed by atoms with van der Waals surface area (Å²) >= 11 is 0. The minimum atomic E-state index is -0.0871. The molecule has 2 heteroatoms. The van der Waals surface area contributed by atoms with Crippen molar-refractivity contribution in [2.75, 3.05) is 0 Å². The van der Waals surface area contributed by atoms with Crippen LogP contribution < -0.4 is 5.32 Å². The van der Waals surface area contributed by atoms with Gasteiger partial charge in [-0.15, -0.1) is 0 Å². The Morgan fingerprint density at radius 1 is 1.00 bits per heavy atom. The number of nitrogens with one attached hydrogen (secondary N) is 1. The van der Waals surface area contributed by atoms with Gasteiger partial charge in [0.2, 0.25) is 0 Å². The highest BCUT2D eigenvalue weighted by Gasteiger charge is 2.23. The lowest BCUT2D eigenvalue weighted by Gasteiger charge is -2.09. The molecule has 1 aliphatic carbocycles. The monoisotopic (exact) mass is 283 g/mol. The van der Waals surface area contributed by atoms with E-state index in [9.17, 15) is 4.39 Å². The van der Waals surface area contributed by atoms with Crippen molar-refractivity contribution in [3.05, 3.63) is 70.0 Å². The predicted molar refractivity (Wildman–Crippen MR) is 84.8 cm³/mol. The molecule has 1 N–H and O–H groups in total. The van der Waals surface area contributed by atoms with Crippen LogP contribution in [-0.2, 0) is 13.1 Å². The molecule has 2 aromatic carbocycles. The van der Waals surface area contributed by atoms with Crippen molar-refractivity contribution < 1.29 is 4.39 Å². The van der Waals surface area contributed by atoms with E-state index >= 15 is 0 Å². The Morgan fingerprint density at radius 3 is 2.33 bits per heavy atom. The summed E-state index contributed by atoms with van der Waals surface area (Å²) in [5.41, 5.74) is 5.40. The van der Waals surface area contributed by atoms with E-state index in [4.69, 9.17) is 0 Å². The molecule has 1 nitrogen and oxygen atoms in total. The lowest BCUT2D eigenvalue weighted by Crippen LogP contribution is -2.13. The Bertz CT molecular complexity index is 621. The summed E-state index contributed by atoms with van der Waals surface area (Å²) < 4.78 is 13.6. The lowest BCUT2D eigenvalue weighted by molar-refractivity contribution is 0.606. The van der Waals surface area contributed by atoms with Crippen LogP contribution in [0.2, 0.25) is 0 Å². The first kappa shape index (κ1) is 14.3. The van der Waals surface area contributed by atoms with Gasteiger partial charge in [0, 0.05) is 13.1 Å². The Balaban J connectivity index is 1.59. The summed E-state index contributed by atoms with van der Waals surface area (Å²) in [7, 11) is 0. The van der Waals surface area contributed by atoms with Crippen LogP contribution in [0.1, 0.15) is 46.6 Å². The number of rotatable bonds is 5. The van der Waals surface area contributed by atoms with Crippen LogP contribution in [0, 0.1) is 19.7 Å². The van der Waals surface area contributed by atoms with Crippen LogP contribution in [0.4, 0.5) is 4.39 Å². The first-order chi connectivity index (χ1) is 10.1. The maximum absolute atomic E-state index is 13.6. The average Bonchev–Trinajstić information content (AvgIpc) is 3.30. The molecule has 0 atom stereocenters. The molecule has 0 spiro atoms. The SMILES string of the molecule is Cc1cc(CNCc2cccc(C3CC3)c2)cc(C)c1F. The van der Waals surface area contributed by atoms with E-state index in [0.29, 0.717) is 0 Å². The number of benzene rings is 2. The van der Waals surface area contributed by atoms with Gasteiger partial charge in [0.15, 0.2) is 0 Å². The molecule has 0 heterocycles. The van der Waals surface area contributed by atoms with E-state index < -0.39 is 0 Å². The summed E-state index contributed by atoms with van der Waals surface area (Å²) in [5, 5.41) is 3.46. The molecule has 0 saturated heterocycles. The highest BCUT2D eigenvalue weighted by atomic mass is 19.1. The number of halogens is 1. The fraction of sp³-hybridized carbons (Fsp3) is 0.368. The van der Waals surface area contributed by atoms with Crippen LogP contribution in [0.15, 0.2) is 36.4 Å². The third kappa shape index (κ3) is 3.51. The van der Waals surface area contributed by atoms with Crippen molar-refractivity contribution in [2.24, 2.45) is 0 Å². The molecule has 0 radical (unpaired) electrons. The largest absolute Gasteiger partial charge is 0.309 e. The first-order valence-corrected chi connectivity index (χ1v) is 7.68. The van der Waals surface area contributed by atoms with Gasteiger partial charge >= 0.3 is 0 Å². The van der Waals surface area contributed by atoms with Crippen LogP contribution in [-0.4, -0.2) is 0 Å². The van der Waals surface area contributed by atoms with E-state index in [1.54, 1.807) is 0 Å². The van der Waals surface area contributed by atoms with Gasteiger partial charge in [-0.1, -0.05) is 36.4 Å². The highest BCUT2D eigenvalue weighted by Crippen LogP contribution is 2.40. The van der Waals surface area contributed by atoms with Gasteiger partial charge in [-0.25, -0.2) is 4.39 Å². The zero-order valence-corrected chi connectivity index (χ0v) is 12.7. The molecule has 3 rings (SSSR count). The van der Waals surface area contributed by atoms with Crippen molar-refractivity contribution in [1.82, 2.24) is 5.32 Å². The summed E-state index contributed by atoms with van der Waals surface area (Å²) in [4.78, 5) is 0. The van der Waals surface area contributed by atoms with Crippen molar-refractivity contribution in [3.8, 4) is 0 Å². The fourth-order valence-electron chi connectivity index (χ4n) is 2.86. The summed E-state index contributed by atoms with van der Waals surface area (Å²) in [5.74, 6) is 0.711. The number of hydrogen-bond donors (Lipinski definition) is 1. The van der Waals surface area contributed by atoms with Gasteiger partial charge in [-0.2, -0.15) is 0 Å². The second kappa shape index (κ2) is 5.98. The van der Waals surface area contributed by atoms with Gasteiger partial charge < -0.3 is 5.32 Å². The predicted octanol–water partition coefficient (Wildman–Crippen LogP) is 4.61. The molecule has 21 heavy (non-hydrogen) atoms. The molecular formula is C19H22FN. The molecule has 2 aromatic rings. The maximum Gasteiger partial charge on any atom is 0.129 e. The summed E-state index contributed by atoms with van der Waals surface area (Å²) in [6.07, 6.45) is 2.68. The Hall–Kier alpha value is -1.67. The average molecular weight is 283 g/mol. The second-order valence-electron chi connectivity index (χ2n) is 6.17. The Kier molecular flexibility index (Phi) is 4.07.